The monoisotopic (exact) mass is 348 g/mol. The fourth-order valence-electron chi connectivity index (χ4n) is 1.73. The summed E-state index contributed by atoms with van der Waals surface area (Å²) in [4.78, 5) is 12.1. The van der Waals surface area contributed by atoms with Crippen LogP contribution in [0.15, 0.2) is 46.9 Å². The number of aryl methyl sites for hydroxylation is 1. The second kappa shape index (κ2) is 7.27. The van der Waals surface area contributed by atoms with Gasteiger partial charge in [0, 0.05) is 0 Å². The predicted octanol–water partition coefficient (Wildman–Crippen LogP) is 4.77. The lowest BCUT2D eigenvalue weighted by atomic mass is 10.2. The van der Waals surface area contributed by atoms with E-state index in [1.54, 1.807) is 30.3 Å². The van der Waals surface area contributed by atoms with Gasteiger partial charge in [0.15, 0.2) is 0 Å². The maximum Gasteiger partial charge on any atom is 0.343 e. The molecule has 21 heavy (non-hydrogen) atoms. The average Bonchev–Trinajstić information content (AvgIpc) is 2.48. The minimum Gasteiger partial charge on any atom is -0.492 e. The van der Waals surface area contributed by atoms with E-state index in [1.165, 1.54) is 0 Å². The molecule has 0 spiro atoms. The van der Waals surface area contributed by atoms with Gasteiger partial charge in [-0.2, -0.15) is 0 Å². The molecule has 0 aliphatic rings. The highest BCUT2D eigenvalue weighted by Crippen LogP contribution is 2.26. The molecule has 0 N–H and O–H groups in total. The summed E-state index contributed by atoms with van der Waals surface area (Å²) < 4.78 is 11.6. The zero-order valence-corrected chi connectivity index (χ0v) is 13.6. The molecule has 3 nitrogen and oxygen atoms in total. The van der Waals surface area contributed by atoms with Crippen LogP contribution in [0.5, 0.6) is 11.5 Å². The number of rotatable bonds is 5. The van der Waals surface area contributed by atoms with Crippen LogP contribution < -0.4 is 9.47 Å². The number of hydrogen-bond acceptors (Lipinski definition) is 3. The lowest BCUT2D eigenvalue weighted by Crippen LogP contribution is -2.08. The third kappa shape index (κ3) is 4.33. The van der Waals surface area contributed by atoms with E-state index in [9.17, 15) is 4.79 Å². The fourth-order valence-corrected chi connectivity index (χ4v) is 2.22. The molecule has 0 amide bonds. The molecule has 0 bridgehead atoms. The van der Waals surface area contributed by atoms with Crippen molar-refractivity contribution in [1.29, 1.82) is 0 Å². The van der Waals surface area contributed by atoms with Crippen molar-refractivity contribution in [2.24, 2.45) is 0 Å². The SMILES string of the molecule is CCCOc1ccc(C(=O)Oc2ccc(C)cc2)cc1Br. The van der Waals surface area contributed by atoms with Gasteiger partial charge in [0.25, 0.3) is 0 Å². The Hall–Kier alpha value is -1.81. The van der Waals surface area contributed by atoms with Gasteiger partial charge in [-0.15, -0.1) is 0 Å². The van der Waals surface area contributed by atoms with Gasteiger partial charge >= 0.3 is 5.97 Å². The number of carbonyl (C=O) groups is 1. The first-order valence-corrected chi connectivity index (χ1v) is 7.60. The summed E-state index contributed by atoms with van der Waals surface area (Å²) in [6.07, 6.45) is 0.934. The van der Waals surface area contributed by atoms with Crippen molar-refractivity contribution in [2.75, 3.05) is 6.61 Å². The van der Waals surface area contributed by atoms with Crippen molar-refractivity contribution in [3.05, 3.63) is 58.1 Å². The Balaban J connectivity index is 2.08. The van der Waals surface area contributed by atoms with Gasteiger partial charge in [-0.05, 0) is 59.6 Å². The van der Waals surface area contributed by atoms with Crippen molar-refractivity contribution >= 4 is 21.9 Å². The Morgan fingerprint density at radius 2 is 1.86 bits per heavy atom. The number of ether oxygens (including phenoxy) is 2. The molecule has 0 unspecified atom stereocenters. The van der Waals surface area contributed by atoms with E-state index in [1.807, 2.05) is 26.0 Å². The molecule has 2 aromatic carbocycles. The summed E-state index contributed by atoms with van der Waals surface area (Å²) in [5.41, 5.74) is 1.60. The lowest BCUT2D eigenvalue weighted by Gasteiger charge is -2.09. The average molecular weight is 349 g/mol. The molecule has 0 radical (unpaired) electrons. The van der Waals surface area contributed by atoms with Crippen LogP contribution >= 0.6 is 15.9 Å². The Labute approximate surface area is 133 Å². The zero-order valence-electron chi connectivity index (χ0n) is 12.1. The van der Waals surface area contributed by atoms with Crippen LogP contribution in [0.25, 0.3) is 0 Å². The summed E-state index contributed by atoms with van der Waals surface area (Å²) in [7, 11) is 0. The molecule has 0 atom stereocenters. The maximum absolute atomic E-state index is 12.1. The lowest BCUT2D eigenvalue weighted by molar-refractivity contribution is 0.0734. The Morgan fingerprint density at radius 1 is 1.14 bits per heavy atom. The minimum absolute atomic E-state index is 0.387. The van der Waals surface area contributed by atoms with Gasteiger partial charge < -0.3 is 9.47 Å². The fraction of sp³-hybridized carbons (Fsp3) is 0.235. The van der Waals surface area contributed by atoms with E-state index in [2.05, 4.69) is 15.9 Å². The van der Waals surface area contributed by atoms with Crippen LogP contribution in [0.3, 0.4) is 0 Å². The Kier molecular flexibility index (Phi) is 5.39. The topological polar surface area (TPSA) is 35.5 Å². The number of carbonyl (C=O) groups excluding carboxylic acids is 1. The second-order valence-corrected chi connectivity index (χ2v) is 5.55. The van der Waals surface area contributed by atoms with E-state index in [-0.39, 0.29) is 5.97 Å². The van der Waals surface area contributed by atoms with Gasteiger partial charge in [-0.25, -0.2) is 4.79 Å². The molecular formula is C17H17BrO3. The number of hydrogen-bond donors (Lipinski definition) is 0. The van der Waals surface area contributed by atoms with Gasteiger partial charge in [0.2, 0.25) is 0 Å². The molecule has 2 aromatic rings. The number of esters is 1. The van der Waals surface area contributed by atoms with Crippen LogP contribution in [-0.4, -0.2) is 12.6 Å². The maximum atomic E-state index is 12.1. The summed E-state index contributed by atoms with van der Waals surface area (Å²) in [5.74, 6) is 0.873. The molecular weight excluding hydrogens is 332 g/mol. The molecule has 2 rings (SSSR count). The first kappa shape index (κ1) is 15.6. The van der Waals surface area contributed by atoms with Gasteiger partial charge in [-0.3, -0.25) is 0 Å². The van der Waals surface area contributed by atoms with Crippen molar-refractivity contribution in [3.8, 4) is 11.5 Å². The quantitative estimate of drug-likeness (QED) is 0.576. The van der Waals surface area contributed by atoms with E-state index in [0.717, 1.165) is 22.2 Å². The summed E-state index contributed by atoms with van der Waals surface area (Å²) in [6.45, 7) is 4.67. The van der Waals surface area contributed by atoms with Gasteiger partial charge in [0.1, 0.15) is 11.5 Å². The van der Waals surface area contributed by atoms with Crippen LogP contribution in [-0.2, 0) is 0 Å². The third-order valence-electron chi connectivity index (χ3n) is 2.86. The van der Waals surface area contributed by atoms with Crippen LogP contribution in [0, 0.1) is 6.92 Å². The normalized spacial score (nSPS) is 10.2. The Bertz CT molecular complexity index is 620. The molecule has 0 saturated heterocycles. The number of halogens is 1. The van der Waals surface area contributed by atoms with Crippen LogP contribution in [0.4, 0.5) is 0 Å². The third-order valence-corrected chi connectivity index (χ3v) is 3.48. The molecule has 0 aliphatic carbocycles. The molecule has 4 heteroatoms. The summed E-state index contributed by atoms with van der Waals surface area (Å²) in [5, 5.41) is 0. The van der Waals surface area contributed by atoms with E-state index < -0.39 is 0 Å². The molecule has 0 fully saturated rings. The highest BCUT2D eigenvalue weighted by Gasteiger charge is 2.11. The minimum atomic E-state index is -0.387. The van der Waals surface area contributed by atoms with E-state index in [0.29, 0.717) is 17.9 Å². The zero-order chi connectivity index (χ0) is 15.2. The molecule has 0 aliphatic heterocycles. The largest absolute Gasteiger partial charge is 0.492 e. The highest BCUT2D eigenvalue weighted by atomic mass is 79.9. The Morgan fingerprint density at radius 3 is 2.48 bits per heavy atom. The predicted molar refractivity (Wildman–Crippen MR) is 86.1 cm³/mol. The smallest absolute Gasteiger partial charge is 0.343 e. The molecule has 0 heterocycles. The standard InChI is InChI=1S/C17H17BrO3/c1-3-10-20-16-9-6-13(11-15(16)18)17(19)21-14-7-4-12(2)5-8-14/h4-9,11H,3,10H2,1-2H3. The summed E-state index contributed by atoms with van der Waals surface area (Å²) in [6, 6.07) is 12.5. The van der Waals surface area contributed by atoms with Gasteiger partial charge in [0.05, 0.1) is 16.6 Å². The van der Waals surface area contributed by atoms with Crippen molar-refractivity contribution in [3.63, 3.8) is 0 Å². The van der Waals surface area contributed by atoms with E-state index in [4.69, 9.17) is 9.47 Å². The van der Waals surface area contributed by atoms with Crippen LogP contribution in [0.2, 0.25) is 0 Å². The molecule has 110 valence electrons. The van der Waals surface area contributed by atoms with Gasteiger partial charge in [-0.1, -0.05) is 24.6 Å². The summed E-state index contributed by atoms with van der Waals surface area (Å²) >= 11 is 3.41. The molecule has 0 saturated carbocycles. The van der Waals surface area contributed by atoms with Crippen LogP contribution in [0.1, 0.15) is 29.3 Å². The highest BCUT2D eigenvalue weighted by molar-refractivity contribution is 9.10. The van der Waals surface area contributed by atoms with Crippen molar-refractivity contribution in [1.82, 2.24) is 0 Å². The molecule has 0 aromatic heterocycles. The second-order valence-electron chi connectivity index (χ2n) is 4.70. The first-order chi connectivity index (χ1) is 10.1. The number of benzene rings is 2. The first-order valence-electron chi connectivity index (χ1n) is 6.81. The van der Waals surface area contributed by atoms with Crippen molar-refractivity contribution in [2.45, 2.75) is 20.3 Å². The van der Waals surface area contributed by atoms with Crippen molar-refractivity contribution < 1.29 is 14.3 Å². The van der Waals surface area contributed by atoms with E-state index >= 15 is 0 Å².